The van der Waals surface area contributed by atoms with Gasteiger partial charge in [-0.15, -0.1) is 12.4 Å². The van der Waals surface area contributed by atoms with Crippen molar-refractivity contribution in [2.24, 2.45) is 11.1 Å². The molecule has 1 rings (SSSR count). The second-order valence-electron chi connectivity index (χ2n) is 6.35. The third kappa shape index (κ3) is 6.34. The fourth-order valence-electron chi connectivity index (χ4n) is 2.36. The van der Waals surface area contributed by atoms with Gasteiger partial charge in [-0.25, -0.2) is 0 Å². The number of hydrogen-bond donors (Lipinski definition) is 1. The Hall–Kier alpha value is -1.10. The lowest BCUT2D eigenvalue weighted by Crippen LogP contribution is -2.36. The smallest absolute Gasteiger partial charge is 0.159 e. The summed E-state index contributed by atoms with van der Waals surface area (Å²) in [6, 6.07) is 5.64. The Morgan fingerprint density at radius 1 is 1.36 bits per heavy atom. The van der Waals surface area contributed by atoms with Crippen LogP contribution in [0.4, 0.5) is 0 Å². The second kappa shape index (κ2) is 9.13. The van der Waals surface area contributed by atoms with E-state index in [-0.39, 0.29) is 23.6 Å². The van der Waals surface area contributed by atoms with E-state index in [1.54, 1.807) is 6.92 Å². The Balaban J connectivity index is 0.00000441. The molecule has 2 N–H and O–H groups in total. The molecular formula is C17H29ClN2O2. The number of carbonyl (C=O) groups is 1. The van der Waals surface area contributed by atoms with Crippen LogP contribution in [0.1, 0.15) is 43.6 Å². The molecule has 0 unspecified atom stereocenters. The molecule has 0 amide bonds. The minimum absolute atomic E-state index is 0. The summed E-state index contributed by atoms with van der Waals surface area (Å²) in [5.74, 6) is 0.921. The third-order valence-corrected chi connectivity index (χ3v) is 3.46. The minimum atomic E-state index is 0. The first-order chi connectivity index (χ1) is 9.79. The quantitative estimate of drug-likeness (QED) is 0.745. The lowest BCUT2D eigenvalue weighted by molar-refractivity contribution is 0.101. The SMILES string of the molecule is CCOc1ccc(C(C)=O)cc1CN(C)CC(C)(C)CN.Cl. The molecule has 0 saturated carbocycles. The fourth-order valence-corrected chi connectivity index (χ4v) is 2.36. The highest BCUT2D eigenvalue weighted by Crippen LogP contribution is 2.23. The lowest BCUT2D eigenvalue weighted by Gasteiger charge is -2.29. The number of Topliss-reactive ketones (excluding diaryl/α,β-unsaturated/α-hetero) is 1. The van der Waals surface area contributed by atoms with E-state index in [0.717, 1.165) is 30.0 Å². The van der Waals surface area contributed by atoms with Gasteiger partial charge in [0.05, 0.1) is 6.61 Å². The van der Waals surface area contributed by atoms with E-state index < -0.39 is 0 Å². The van der Waals surface area contributed by atoms with Gasteiger partial charge in [-0.3, -0.25) is 4.79 Å². The number of rotatable bonds is 8. The molecule has 4 nitrogen and oxygen atoms in total. The van der Waals surface area contributed by atoms with Crippen LogP contribution in [0.5, 0.6) is 5.75 Å². The fraction of sp³-hybridized carbons (Fsp3) is 0.588. The highest BCUT2D eigenvalue weighted by molar-refractivity contribution is 5.94. The lowest BCUT2D eigenvalue weighted by atomic mass is 9.93. The predicted octanol–water partition coefficient (Wildman–Crippen LogP) is 3.13. The molecule has 0 aliphatic rings. The normalized spacial score (nSPS) is 11.2. The van der Waals surface area contributed by atoms with E-state index in [0.29, 0.717) is 13.2 Å². The molecule has 0 bridgehead atoms. The van der Waals surface area contributed by atoms with E-state index in [2.05, 4.69) is 25.8 Å². The van der Waals surface area contributed by atoms with Crippen molar-refractivity contribution < 1.29 is 9.53 Å². The van der Waals surface area contributed by atoms with Crippen LogP contribution in [0.15, 0.2) is 18.2 Å². The van der Waals surface area contributed by atoms with Gasteiger partial charge in [0.25, 0.3) is 0 Å². The first-order valence-corrected chi connectivity index (χ1v) is 7.44. The van der Waals surface area contributed by atoms with Gasteiger partial charge in [0.2, 0.25) is 0 Å². The Morgan fingerprint density at radius 2 is 2.00 bits per heavy atom. The molecule has 0 aliphatic heterocycles. The van der Waals surface area contributed by atoms with Gasteiger partial charge < -0.3 is 15.4 Å². The molecule has 0 spiro atoms. The average molecular weight is 329 g/mol. The number of carbonyl (C=O) groups excluding carboxylic acids is 1. The summed E-state index contributed by atoms with van der Waals surface area (Å²) in [5.41, 5.74) is 7.63. The maximum absolute atomic E-state index is 11.6. The van der Waals surface area contributed by atoms with Crippen molar-refractivity contribution in [2.45, 2.75) is 34.2 Å². The van der Waals surface area contributed by atoms with Gasteiger partial charge in [-0.1, -0.05) is 13.8 Å². The van der Waals surface area contributed by atoms with Crippen molar-refractivity contribution in [1.82, 2.24) is 4.90 Å². The van der Waals surface area contributed by atoms with E-state index >= 15 is 0 Å². The summed E-state index contributed by atoms with van der Waals surface area (Å²) < 4.78 is 5.67. The molecule has 1 aromatic rings. The number of benzene rings is 1. The van der Waals surface area contributed by atoms with Crippen molar-refractivity contribution >= 4 is 18.2 Å². The summed E-state index contributed by atoms with van der Waals surface area (Å²) in [6.45, 7) is 10.7. The van der Waals surface area contributed by atoms with Gasteiger partial charge in [0, 0.05) is 24.2 Å². The summed E-state index contributed by atoms with van der Waals surface area (Å²) in [4.78, 5) is 13.8. The van der Waals surface area contributed by atoms with Crippen molar-refractivity contribution in [3.05, 3.63) is 29.3 Å². The number of hydrogen-bond acceptors (Lipinski definition) is 4. The van der Waals surface area contributed by atoms with Gasteiger partial charge in [-0.05, 0) is 51.1 Å². The molecule has 1 aromatic carbocycles. The number of halogens is 1. The van der Waals surface area contributed by atoms with Crippen LogP contribution in [0.3, 0.4) is 0 Å². The zero-order valence-corrected chi connectivity index (χ0v) is 15.1. The third-order valence-electron chi connectivity index (χ3n) is 3.46. The largest absolute Gasteiger partial charge is 0.494 e. The Bertz CT molecular complexity index is 490. The highest BCUT2D eigenvalue weighted by atomic mass is 35.5. The van der Waals surface area contributed by atoms with Crippen LogP contribution >= 0.6 is 12.4 Å². The van der Waals surface area contributed by atoms with Gasteiger partial charge in [0.15, 0.2) is 5.78 Å². The van der Waals surface area contributed by atoms with Crippen LogP contribution in [-0.4, -0.2) is 37.4 Å². The molecular weight excluding hydrogens is 300 g/mol. The maximum atomic E-state index is 11.6. The molecule has 5 heteroatoms. The van der Waals surface area contributed by atoms with Crippen LogP contribution in [0.25, 0.3) is 0 Å². The summed E-state index contributed by atoms with van der Waals surface area (Å²) >= 11 is 0. The maximum Gasteiger partial charge on any atom is 0.159 e. The second-order valence-corrected chi connectivity index (χ2v) is 6.35. The van der Waals surface area contributed by atoms with E-state index in [4.69, 9.17) is 10.5 Å². The van der Waals surface area contributed by atoms with Crippen LogP contribution < -0.4 is 10.5 Å². The summed E-state index contributed by atoms with van der Waals surface area (Å²) in [6.07, 6.45) is 0. The molecule has 0 aromatic heterocycles. The van der Waals surface area contributed by atoms with Crippen molar-refractivity contribution in [1.29, 1.82) is 0 Å². The average Bonchev–Trinajstić information content (AvgIpc) is 2.40. The Morgan fingerprint density at radius 3 is 2.50 bits per heavy atom. The van der Waals surface area contributed by atoms with E-state index in [1.165, 1.54) is 0 Å². The molecule has 0 fully saturated rings. The van der Waals surface area contributed by atoms with Gasteiger partial charge >= 0.3 is 0 Å². The van der Waals surface area contributed by atoms with Crippen molar-refractivity contribution in [3.63, 3.8) is 0 Å². The van der Waals surface area contributed by atoms with Crippen LogP contribution in [0, 0.1) is 5.41 Å². The Labute approximate surface area is 140 Å². The van der Waals surface area contributed by atoms with Crippen LogP contribution in [-0.2, 0) is 6.54 Å². The van der Waals surface area contributed by atoms with E-state index in [9.17, 15) is 4.79 Å². The topological polar surface area (TPSA) is 55.6 Å². The minimum Gasteiger partial charge on any atom is -0.494 e. The summed E-state index contributed by atoms with van der Waals surface area (Å²) in [7, 11) is 2.06. The van der Waals surface area contributed by atoms with Crippen molar-refractivity contribution in [3.8, 4) is 5.75 Å². The predicted molar refractivity (Wildman–Crippen MR) is 94.0 cm³/mol. The molecule has 0 saturated heterocycles. The monoisotopic (exact) mass is 328 g/mol. The molecule has 0 aliphatic carbocycles. The standard InChI is InChI=1S/C17H28N2O2.ClH/c1-6-21-16-8-7-14(13(2)20)9-15(16)10-19(5)12-17(3,4)11-18;/h7-9H,6,10-12,18H2,1-5H3;1H. The van der Waals surface area contributed by atoms with E-state index in [1.807, 2.05) is 25.1 Å². The molecule has 0 atom stereocenters. The first kappa shape index (κ1) is 20.9. The van der Waals surface area contributed by atoms with Gasteiger partial charge in [-0.2, -0.15) is 0 Å². The molecule has 22 heavy (non-hydrogen) atoms. The zero-order valence-electron chi connectivity index (χ0n) is 14.3. The molecule has 0 heterocycles. The molecule has 126 valence electrons. The molecule has 0 radical (unpaired) electrons. The highest BCUT2D eigenvalue weighted by Gasteiger charge is 2.19. The number of nitrogens with zero attached hydrogens (tertiary/aromatic N) is 1. The van der Waals surface area contributed by atoms with Crippen LogP contribution in [0.2, 0.25) is 0 Å². The van der Waals surface area contributed by atoms with Gasteiger partial charge in [0.1, 0.15) is 5.75 Å². The Kier molecular flexibility index (Phi) is 8.68. The number of nitrogens with two attached hydrogens (primary N) is 1. The summed E-state index contributed by atoms with van der Waals surface area (Å²) in [5, 5.41) is 0. The number of ether oxygens (including phenoxy) is 1. The van der Waals surface area contributed by atoms with Crippen molar-refractivity contribution in [2.75, 3.05) is 26.7 Å². The zero-order chi connectivity index (χ0) is 16.0. The number of ketones is 1. The first-order valence-electron chi connectivity index (χ1n) is 7.44.